The zero-order valence-electron chi connectivity index (χ0n) is 17.5. The Morgan fingerprint density at radius 3 is 1.32 bits per heavy atom. The van der Waals surface area contributed by atoms with Crippen molar-refractivity contribution >= 4 is 0 Å². The lowest BCUT2D eigenvalue weighted by Gasteiger charge is -2.68. The highest BCUT2D eigenvalue weighted by molar-refractivity contribution is 5.54. The number of benzene rings is 3. The van der Waals surface area contributed by atoms with Crippen molar-refractivity contribution in [3.63, 3.8) is 0 Å². The van der Waals surface area contributed by atoms with E-state index in [-0.39, 0.29) is 22.3 Å². The second-order valence-corrected chi connectivity index (χ2v) is 10.1. The molecular weight excluding hydrogens is 384 g/mol. The number of hydrogen-bond acceptors (Lipinski definition) is 3. The van der Waals surface area contributed by atoms with Crippen molar-refractivity contribution in [2.75, 3.05) is 0 Å². The van der Waals surface area contributed by atoms with E-state index in [9.17, 15) is 15.3 Å². The second kappa shape index (κ2) is 6.53. The molecule has 3 aromatic carbocycles. The number of hydrogen-bond donors (Lipinski definition) is 3. The average molecular weight is 413 g/mol. The zero-order valence-corrected chi connectivity index (χ0v) is 17.5. The number of phenolic OH excluding ortho intramolecular Hbond substituents is 3. The fourth-order valence-electron chi connectivity index (χ4n) is 7.92. The maximum Gasteiger partial charge on any atom is 0.115 e. The molecule has 4 bridgehead atoms. The summed E-state index contributed by atoms with van der Waals surface area (Å²) in [5.41, 5.74) is 3.47. The van der Waals surface area contributed by atoms with Gasteiger partial charge in [-0.15, -0.1) is 0 Å². The molecule has 0 spiro atoms. The fourth-order valence-corrected chi connectivity index (χ4v) is 7.92. The molecule has 0 saturated heterocycles. The maximum atomic E-state index is 10.0. The van der Waals surface area contributed by atoms with Gasteiger partial charge < -0.3 is 15.3 Å². The van der Waals surface area contributed by atoms with Gasteiger partial charge in [0.1, 0.15) is 17.2 Å². The minimum absolute atomic E-state index is 0.0800. The van der Waals surface area contributed by atoms with Crippen LogP contribution < -0.4 is 0 Å². The minimum atomic E-state index is -0.237. The average Bonchev–Trinajstić information content (AvgIpc) is 2.76. The standard InChI is InChI=1S/C28H28O3/c29-24-7-1-20(2-8-24)27-16-18-13-19(17-27)15-23(14-18)28(27,21-3-9-25(30)10-4-21)22-5-11-26(31)12-6-22/h1-12,18-19,23,29-31H,13-17H2. The molecule has 0 heterocycles. The Balaban J connectivity index is 1.68. The van der Waals surface area contributed by atoms with Crippen molar-refractivity contribution in [2.24, 2.45) is 17.8 Å². The molecule has 3 aromatic rings. The van der Waals surface area contributed by atoms with E-state index in [4.69, 9.17) is 0 Å². The fraction of sp³-hybridized carbons (Fsp3) is 0.357. The summed E-state index contributed by atoms with van der Waals surface area (Å²) in [6.45, 7) is 0. The monoisotopic (exact) mass is 412 g/mol. The van der Waals surface area contributed by atoms with Gasteiger partial charge in [0, 0.05) is 10.8 Å². The van der Waals surface area contributed by atoms with Crippen molar-refractivity contribution in [3.8, 4) is 17.2 Å². The smallest absolute Gasteiger partial charge is 0.115 e. The van der Waals surface area contributed by atoms with Crippen LogP contribution in [0.2, 0.25) is 0 Å². The molecule has 2 atom stereocenters. The van der Waals surface area contributed by atoms with Crippen LogP contribution in [-0.2, 0) is 10.8 Å². The molecule has 3 N–H and O–H groups in total. The van der Waals surface area contributed by atoms with Gasteiger partial charge in [0.2, 0.25) is 0 Å². The number of rotatable bonds is 3. The van der Waals surface area contributed by atoms with Gasteiger partial charge >= 0.3 is 0 Å². The van der Waals surface area contributed by atoms with Crippen molar-refractivity contribution in [1.29, 1.82) is 0 Å². The second-order valence-electron chi connectivity index (χ2n) is 10.1. The third kappa shape index (κ3) is 2.52. The Bertz CT molecular complexity index is 1040. The van der Waals surface area contributed by atoms with E-state index in [2.05, 4.69) is 36.4 Å². The van der Waals surface area contributed by atoms with Crippen LogP contribution in [-0.4, -0.2) is 15.3 Å². The highest BCUT2D eigenvalue weighted by atomic mass is 16.3. The Morgan fingerprint density at radius 2 is 0.903 bits per heavy atom. The molecule has 31 heavy (non-hydrogen) atoms. The van der Waals surface area contributed by atoms with E-state index in [1.165, 1.54) is 36.0 Å². The lowest BCUT2D eigenvalue weighted by molar-refractivity contribution is -0.0672. The van der Waals surface area contributed by atoms with Gasteiger partial charge in [-0.05, 0) is 103 Å². The first-order valence-corrected chi connectivity index (χ1v) is 11.4. The first-order chi connectivity index (χ1) is 15.0. The van der Waals surface area contributed by atoms with Crippen LogP contribution in [0.5, 0.6) is 17.2 Å². The maximum absolute atomic E-state index is 10.0. The van der Waals surface area contributed by atoms with Gasteiger partial charge in [-0.25, -0.2) is 0 Å². The summed E-state index contributed by atoms with van der Waals surface area (Å²) < 4.78 is 0. The summed E-state index contributed by atoms with van der Waals surface area (Å²) in [6.07, 6.45) is 6.03. The quantitative estimate of drug-likeness (QED) is 0.504. The molecule has 158 valence electrons. The molecule has 3 nitrogen and oxygen atoms in total. The minimum Gasteiger partial charge on any atom is -0.508 e. The van der Waals surface area contributed by atoms with Crippen LogP contribution in [0.3, 0.4) is 0 Å². The summed E-state index contributed by atoms with van der Waals surface area (Å²) in [4.78, 5) is 0. The van der Waals surface area contributed by atoms with Crippen molar-refractivity contribution < 1.29 is 15.3 Å². The molecule has 3 heteroatoms. The summed E-state index contributed by atoms with van der Waals surface area (Å²) in [6, 6.07) is 23.6. The summed E-state index contributed by atoms with van der Waals surface area (Å²) in [5.74, 6) is 2.83. The molecule has 4 saturated carbocycles. The highest BCUT2D eigenvalue weighted by Gasteiger charge is 2.67. The van der Waals surface area contributed by atoms with E-state index in [0.717, 1.165) is 24.7 Å². The van der Waals surface area contributed by atoms with Crippen molar-refractivity contribution in [1.82, 2.24) is 0 Å². The first kappa shape index (κ1) is 18.8. The summed E-state index contributed by atoms with van der Waals surface area (Å²) >= 11 is 0. The lowest BCUT2D eigenvalue weighted by Crippen LogP contribution is -2.65. The van der Waals surface area contributed by atoms with Gasteiger partial charge in [0.05, 0.1) is 0 Å². The molecular formula is C28H28O3. The van der Waals surface area contributed by atoms with Crippen LogP contribution in [0, 0.1) is 17.8 Å². The molecule has 7 rings (SSSR count). The number of phenols is 3. The van der Waals surface area contributed by atoms with E-state index < -0.39 is 0 Å². The largest absolute Gasteiger partial charge is 0.508 e. The molecule has 0 aromatic heterocycles. The van der Waals surface area contributed by atoms with Crippen LogP contribution >= 0.6 is 0 Å². The van der Waals surface area contributed by atoms with Crippen LogP contribution in [0.15, 0.2) is 72.8 Å². The first-order valence-electron chi connectivity index (χ1n) is 11.4. The molecule has 0 amide bonds. The Labute approximate surface area is 183 Å². The lowest BCUT2D eigenvalue weighted by atomic mass is 9.35. The predicted octanol–water partition coefficient (Wildman–Crippen LogP) is 5.87. The van der Waals surface area contributed by atoms with E-state index >= 15 is 0 Å². The van der Waals surface area contributed by atoms with Crippen molar-refractivity contribution in [3.05, 3.63) is 89.5 Å². The molecule has 4 fully saturated rings. The van der Waals surface area contributed by atoms with E-state index in [1.54, 1.807) is 0 Å². The molecule has 4 aliphatic rings. The third-order valence-corrected chi connectivity index (χ3v) is 8.61. The summed E-state index contributed by atoms with van der Waals surface area (Å²) in [7, 11) is 0. The van der Waals surface area contributed by atoms with E-state index in [1.807, 2.05) is 36.4 Å². The predicted molar refractivity (Wildman–Crippen MR) is 120 cm³/mol. The molecule has 0 aliphatic heterocycles. The number of aromatic hydroxyl groups is 3. The summed E-state index contributed by atoms with van der Waals surface area (Å²) in [5, 5.41) is 30.1. The molecule has 0 radical (unpaired) electrons. The van der Waals surface area contributed by atoms with Gasteiger partial charge in [0.25, 0.3) is 0 Å². The third-order valence-electron chi connectivity index (χ3n) is 8.61. The Morgan fingerprint density at radius 1 is 0.516 bits per heavy atom. The van der Waals surface area contributed by atoms with Gasteiger partial charge in [0.15, 0.2) is 0 Å². The molecule has 4 aliphatic carbocycles. The van der Waals surface area contributed by atoms with Crippen molar-refractivity contribution in [2.45, 2.75) is 42.9 Å². The highest BCUT2D eigenvalue weighted by Crippen LogP contribution is 2.71. The van der Waals surface area contributed by atoms with Crippen LogP contribution in [0.25, 0.3) is 0 Å². The van der Waals surface area contributed by atoms with Gasteiger partial charge in [-0.3, -0.25) is 0 Å². The van der Waals surface area contributed by atoms with Crippen LogP contribution in [0.4, 0.5) is 0 Å². The Hall–Kier alpha value is -2.94. The normalized spacial score (nSPS) is 30.4. The van der Waals surface area contributed by atoms with Crippen LogP contribution in [0.1, 0.15) is 48.8 Å². The van der Waals surface area contributed by atoms with Gasteiger partial charge in [-0.2, -0.15) is 0 Å². The van der Waals surface area contributed by atoms with E-state index in [0.29, 0.717) is 11.7 Å². The molecule has 2 unspecified atom stereocenters. The van der Waals surface area contributed by atoms with Gasteiger partial charge in [-0.1, -0.05) is 36.4 Å². The SMILES string of the molecule is Oc1ccc(C23CC4CC(CC(C4)C2(c2ccc(O)cc2)c2ccc(O)cc2)C3)cc1. The zero-order chi connectivity index (χ0) is 21.2. The topological polar surface area (TPSA) is 60.7 Å². The Kier molecular flexibility index (Phi) is 3.96.